The predicted octanol–water partition coefficient (Wildman–Crippen LogP) is 3.72. The Kier molecular flexibility index (Phi) is 4.00. The maximum absolute atomic E-state index is 11.8. The fourth-order valence-corrected chi connectivity index (χ4v) is 1.17. The molecule has 0 unspecified atom stereocenters. The molecule has 0 bridgehead atoms. The number of ether oxygens (including phenoxy) is 1. The van der Waals surface area contributed by atoms with Crippen LogP contribution in [0.25, 0.3) is 0 Å². The van der Waals surface area contributed by atoms with Crippen molar-refractivity contribution in [2.75, 3.05) is 6.61 Å². The zero-order valence-electron chi connectivity index (χ0n) is 8.47. The highest BCUT2D eigenvalue weighted by atomic mass is 19.4. The lowest BCUT2D eigenvalue weighted by Gasteiger charge is -2.09. The zero-order valence-corrected chi connectivity index (χ0v) is 8.47. The molecule has 15 heavy (non-hydrogen) atoms. The first-order valence-corrected chi connectivity index (χ1v) is 4.74. The minimum atomic E-state index is -4.09. The topological polar surface area (TPSA) is 9.23 Å². The summed E-state index contributed by atoms with van der Waals surface area (Å²) in [6.45, 7) is 1.96. The molecule has 0 aromatic heterocycles. The lowest BCUT2D eigenvalue weighted by atomic mass is 10.2. The molecule has 1 nitrogen and oxygen atoms in total. The molecule has 0 heterocycles. The Labute approximate surface area is 86.9 Å². The summed E-state index contributed by atoms with van der Waals surface area (Å²) in [7, 11) is 0. The van der Waals surface area contributed by atoms with E-state index in [1.54, 1.807) is 12.1 Å². The van der Waals surface area contributed by atoms with Gasteiger partial charge in [0.25, 0.3) is 0 Å². The molecule has 0 radical (unpaired) electrons. The predicted molar refractivity (Wildman–Crippen MR) is 52.0 cm³/mol. The Bertz CT molecular complexity index is 307. The van der Waals surface area contributed by atoms with Gasteiger partial charge in [0.1, 0.15) is 5.75 Å². The molecule has 0 aliphatic heterocycles. The molecule has 0 aliphatic carbocycles. The first kappa shape index (κ1) is 11.9. The lowest BCUT2D eigenvalue weighted by molar-refractivity contribution is -0.136. The van der Waals surface area contributed by atoms with E-state index in [-0.39, 0.29) is 13.0 Å². The summed E-state index contributed by atoms with van der Waals surface area (Å²) < 4.78 is 40.6. The number of halogens is 3. The van der Waals surface area contributed by atoms with E-state index in [0.29, 0.717) is 5.75 Å². The maximum Gasteiger partial charge on any atom is 0.389 e. The van der Waals surface area contributed by atoms with Gasteiger partial charge in [-0.25, -0.2) is 0 Å². The highest BCUT2D eigenvalue weighted by Crippen LogP contribution is 2.22. The summed E-state index contributed by atoms with van der Waals surface area (Å²) in [5, 5.41) is 0. The number of aryl methyl sites for hydroxylation is 1. The molecule has 0 saturated heterocycles. The number of rotatable bonds is 4. The van der Waals surface area contributed by atoms with Gasteiger partial charge in [-0.15, -0.1) is 0 Å². The Balaban J connectivity index is 2.30. The Morgan fingerprint density at radius 1 is 1.20 bits per heavy atom. The van der Waals surface area contributed by atoms with E-state index in [9.17, 15) is 13.2 Å². The SMILES string of the molecule is Cc1ccccc1OCCCC(F)(F)F. The van der Waals surface area contributed by atoms with Crippen LogP contribution in [0.5, 0.6) is 5.75 Å². The Morgan fingerprint density at radius 2 is 1.87 bits per heavy atom. The smallest absolute Gasteiger partial charge is 0.389 e. The molecule has 0 fully saturated rings. The Hall–Kier alpha value is -1.19. The van der Waals surface area contributed by atoms with E-state index in [0.717, 1.165) is 5.56 Å². The number of hydrogen-bond donors (Lipinski definition) is 0. The standard InChI is InChI=1S/C11H13F3O/c1-9-5-2-3-6-10(9)15-8-4-7-11(12,13)14/h2-3,5-6H,4,7-8H2,1H3. The van der Waals surface area contributed by atoms with Crippen LogP contribution in [-0.2, 0) is 0 Å². The first-order valence-electron chi connectivity index (χ1n) is 4.74. The average molecular weight is 218 g/mol. The van der Waals surface area contributed by atoms with Crippen LogP contribution in [0.1, 0.15) is 18.4 Å². The van der Waals surface area contributed by atoms with E-state index < -0.39 is 12.6 Å². The van der Waals surface area contributed by atoms with Gasteiger partial charge in [-0.05, 0) is 25.0 Å². The van der Waals surface area contributed by atoms with E-state index in [1.807, 2.05) is 19.1 Å². The fourth-order valence-electron chi connectivity index (χ4n) is 1.17. The summed E-state index contributed by atoms with van der Waals surface area (Å²) in [6.07, 6.45) is -4.88. The van der Waals surface area contributed by atoms with Crippen LogP contribution < -0.4 is 4.74 Å². The van der Waals surface area contributed by atoms with E-state index in [2.05, 4.69) is 0 Å². The number of para-hydroxylation sites is 1. The van der Waals surface area contributed by atoms with Crippen LogP contribution in [0, 0.1) is 6.92 Å². The van der Waals surface area contributed by atoms with Crippen molar-refractivity contribution >= 4 is 0 Å². The van der Waals surface area contributed by atoms with Gasteiger partial charge in [0, 0.05) is 6.42 Å². The van der Waals surface area contributed by atoms with Crippen LogP contribution in [0.15, 0.2) is 24.3 Å². The van der Waals surface area contributed by atoms with Crippen LogP contribution >= 0.6 is 0 Å². The molecule has 1 aromatic rings. The molecule has 0 atom stereocenters. The third-order valence-electron chi connectivity index (χ3n) is 1.96. The molecule has 0 N–H and O–H groups in total. The summed E-state index contributed by atoms with van der Waals surface area (Å²) in [5.74, 6) is 0.652. The molecule has 1 rings (SSSR count). The lowest BCUT2D eigenvalue weighted by Crippen LogP contribution is -2.09. The maximum atomic E-state index is 11.8. The van der Waals surface area contributed by atoms with E-state index in [4.69, 9.17) is 4.74 Å². The minimum Gasteiger partial charge on any atom is -0.493 e. The fraction of sp³-hybridized carbons (Fsp3) is 0.455. The summed E-state index contributed by atoms with van der Waals surface area (Å²) in [6, 6.07) is 7.27. The first-order chi connectivity index (χ1) is 6.99. The molecule has 0 spiro atoms. The largest absolute Gasteiger partial charge is 0.493 e. The molecular weight excluding hydrogens is 205 g/mol. The van der Waals surface area contributed by atoms with Crippen molar-refractivity contribution in [2.24, 2.45) is 0 Å². The molecule has 1 aromatic carbocycles. The third-order valence-corrected chi connectivity index (χ3v) is 1.96. The number of alkyl halides is 3. The minimum absolute atomic E-state index is 0.00215. The quantitative estimate of drug-likeness (QED) is 0.700. The van der Waals surface area contributed by atoms with E-state index in [1.165, 1.54) is 0 Å². The molecule has 0 amide bonds. The normalized spacial score (nSPS) is 11.5. The van der Waals surface area contributed by atoms with E-state index >= 15 is 0 Å². The summed E-state index contributed by atoms with van der Waals surface area (Å²) >= 11 is 0. The monoisotopic (exact) mass is 218 g/mol. The van der Waals surface area contributed by atoms with Gasteiger partial charge < -0.3 is 4.74 Å². The second-order valence-corrected chi connectivity index (χ2v) is 3.33. The molecule has 0 saturated carbocycles. The average Bonchev–Trinajstić information content (AvgIpc) is 2.13. The van der Waals surface area contributed by atoms with Crippen LogP contribution in [0.2, 0.25) is 0 Å². The van der Waals surface area contributed by atoms with Crippen molar-refractivity contribution in [2.45, 2.75) is 25.9 Å². The van der Waals surface area contributed by atoms with Crippen molar-refractivity contribution in [1.82, 2.24) is 0 Å². The van der Waals surface area contributed by atoms with Gasteiger partial charge in [0.2, 0.25) is 0 Å². The van der Waals surface area contributed by atoms with Crippen molar-refractivity contribution in [3.05, 3.63) is 29.8 Å². The van der Waals surface area contributed by atoms with Crippen molar-refractivity contribution in [3.63, 3.8) is 0 Å². The third kappa shape index (κ3) is 4.72. The van der Waals surface area contributed by atoms with Gasteiger partial charge in [-0.1, -0.05) is 18.2 Å². The van der Waals surface area contributed by atoms with Crippen LogP contribution in [0.4, 0.5) is 13.2 Å². The van der Waals surface area contributed by atoms with Crippen molar-refractivity contribution < 1.29 is 17.9 Å². The molecule has 0 aliphatic rings. The molecule has 4 heteroatoms. The van der Waals surface area contributed by atoms with Gasteiger partial charge in [0.05, 0.1) is 6.61 Å². The summed E-state index contributed by atoms with van der Waals surface area (Å²) in [4.78, 5) is 0. The molecular formula is C11H13F3O. The summed E-state index contributed by atoms with van der Waals surface area (Å²) in [5.41, 5.74) is 0.935. The van der Waals surface area contributed by atoms with Gasteiger partial charge >= 0.3 is 6.18 Å². The second kappa shape index (κ2) is 5.05. The van der Waals surface area contributed by atoms with Gasteiger partial charge in [-0.3, -0.25) is 0 Å². The zero-order chi connectivity index (χ0) is 11.3. The number of hydrogen-bond acceptors (Lipinski definition) is 1. The highest BCUT2D eigenvalue weighted by Gasteiger charge is 2.26. The highest BCUT2D eigenvalue weighted by molar-refractivity contribution is 5.31. The Morgan fingerprint density at radius 3 is 2.47 bits per heavy atom. The second-order valence-electron chi connectivity index (χ2n) is 3.33. The van der Waals surface area contributed by atoms with Crippen molar-refractivity contribution in [1.29, 1.82) is 0 Å². The molecule has 84 valence electrons. The van der Waals surface area contributed by atoms with Gasteiger partial charge in [0.15, 0.2) is 0 Å². The van der Waals surface area contributed by atoms with Crippen molar-refractivity contribution in [3.8, 4) is 5.75 Å². The number of benzene rings is 1. The van der Waals surface area contributed by atoms with Crippen LogP contribution in [-0.4, -0.2) is 12.8 Å². The van der Waals surface area contributed by atoms with Crippen LogP contribution in [0.3, 0.4) is 0 Å². The van der Waals surface area contributed by atoms with Gasteiger partial charge in [-0.2, -0.15) is 13.2 Å².